The maximum atomic E-state index is 13.7. The Bertz CT molecular complexity index is 1620. The molecule has 9 heteroatoms. The minimum atomic E-state index is -0.506. The Morgan fingerprint density at radius 2 is 1.80 bits per heavy atom. The number of esters is 1. The molecule has 9 nitrogen and oxygen atoms in total. The van der Waals surface area contributed by atoms with Crippen LogP contribution in [0.1, 0.15) is 43.4 Å². The van der Waals surface area contributed by atoms with Crippen molar-refractivity contribution in [2.75, 3.05) is 27.4 Å². The molecule has 0 bridgehead atoms. The van der Waals surface area contributed by atoms with Crippen LogP contribution in [-0.2, 0) is 9.53 Å². The number of nitrogens with zero attached hydrogens (tertiary/aromatic N) is 3. The van der Waals surface area contributed by atoms with E-state index in [9.17, 15) is 9.59 Å². The summed E-state index contributed by atoms with van der Waals surface area (Å²) in [6, 6.07) is 16.3. The van der Waals surface area contributed by atoms with Crippen molar-refractivity contribution in [3.05, 3.63) is 81.6 Å². The number of aryl methyl sites for hydroxylation is 1. The van der Waals surface area contributed by atoms with E-state index in [2.05, 4.69) is 23.7 Å². The van der Waals surface area contributed by atoms with E-state index in [4.69, 9.17) is 19.2 Å². The van der Waals surface area contributed by atoms with Crippen LogP contribution >= 0.6 is 0 Å². The Hall–Kier alpha value is -4.66. The van der Waals surface area contributed by atoms with Crippen LogP contribution in [0.4, 0.5) is 0 Å². The fraction of sp³-hybridized carbons (Fsp3) is 0.290. The van der Waals surface area contributed by atoms with Gasteiger partial charge in [0.15, 0.2) is 23.9 Å². The number of hydrogen-bond donors (Lipinski definition) is 0. The van der Waals surface area contributed by atoms with E-state index in [1.807, 2.05) is 38.1 Å². The molecule has 0 unspecified atom stereocenters. The summed E-state index contributed by atoms with van der Waals surface area (Å²) < 4.78 is 22.8. The van der Waals surface area contributed by atoms with Gasteiger partial charge in [0.1, 0.15) is 5.75 Å². The van der Waals surface area contributed by atoms with E-state index >= 15 is 0 Å². The fourth-order valence-electron chi connectivity index (χ4n) is 4.28. The molecule has 0 fully saturated rings. The predicted molar refractivity (Wildman–Crippen MR) is 155 cm³/mol. The molecule has 1 heterocycles. The number of hydrogen-bond acceptors (Lipinski definition) is 8. The number of methoxy groups -OCH3 is 2. The van der Waals surface area contributed by atoms with Gasteiger partial charge in [0.2, 0.25) is 0 Å². The summed E-state index contributed by atoms with van der Waals surface area (Å²) in [7, 11) is 2.79. The van der Waals surface area contributed by atoms with Crippen LogP contribution in [0.15, 0.2) is 64.5 Å². The van der Waals surface area contributed by atoms with Crippen LogP contribution in [-0.4, -0.2) is 49.3 Å². The van der Waals surface area contributed by atoms with Crippen LogP contribution in [0.3, 0.4) is 0 Å². The molecule has 4 rings (SSSR count). The Balaban J connectivity index is 1.84. The Morgan fingerprint density at radius 3 is 2.50 bits per heavy atom. The Morgan fingerprint density at radius 1 is 1.02 bits per heavy atom. The fourth-order valence-corrected chi connectivity index (χ4v) is 4.28. The van der Waals surface area contributed by atoms with Gasteiger partial charge in [-0.3, -0.25) is 4.79 Å². The zero-order valence-electron chi connectivity index (χ0n) is 23.6. The molecule has 1 aromatic heterocycles. The van der Waals surface area contributed by atoms with Crippen molar-refractivity contribution in [2.24, 2.45) is 5.10 Å². The summed E-state index contributed by atoms with van der Waals surface area (Å²) in [4.78, 5) is 30.0. The van der Waals surface area contributed by atoms with E-state index in [1.54, 1.807) is 36.5 Å². The average molecular weight is 544 g/mol. The molecule has 0 radical (unpaired) electrons. The molecule has 3 aromatic carbocycles. The SMILES string of the molecule is CCOc1cc(C)c(-c2nc3ccccc3c(=O)n2N=Cc2ccc(OCC(=O)OC)c(OC)c2)cc1C(C)C. The number of aromatic nitrogens is 2. The van der Waals surface area contributed by atoms with Gasteiger partial charge in [0.05, 0.1) is 37.9 Å². The van der Waals surface area contributed by atoms with Crippen LogP contribution in [0, 0.1) is 6.92 Å². The lowest BCUT2D eigenvalue weighted by Gasteiger charge is -2.18. The van der Waals surface area contributed by atoms with Crippen molar-refractivity contribution in [1.29, 1.82) is 0 Å². The van der Waals surface area contributed by atoms with Gasteiger partial charge in [0.25, 0.3) is 5.56 Å². The zero-order valence-corrected chi connectivity index (χ0v) is 23.6. The predicted octanol–water partition coefficient (Wildman–Crippen LogP) is 5.34. The topological polar surface area (TPSA) is 101 Å². The van der Waals surface area contributed by atoms with Gasteiger partial charge in [-0.1, -0.05) is 26.0 Å². The van der Waals surface area contributed by atoms with E-state index in [0.717, 1.165) is 22.4 Å². The summed E-state index contributed by atoms with van der Waals surface area (Å²) in [5.41, 5.74) is 3.67. The molecule has 0 N–H and O–H groups in total. The number of ether oxygens (including phenoxy) is 4. The van der Waals surface area contributed by atoms with Crippen molar-refractivity contribution in [3.63, 3.8) is 0 Å². The lowest BCUT2D eigenvalue weighted by molar-refractivity contribution is -0.142. The molecule has 0 saturated carbocycles. The van der Waals surface area contributed by atoms with Gasteiger partial charge in [-0.05, 0) is 78.9 Å². The van der Waals surface area contributed by atoms with E-state index in [1.165, 1.54) is 18.9 Å². The quantitative estimate of drug-likeness (QED) is 0.197. The number of carbonyl (C=O) groups is 1. The maximum absolute atomic E-state index is 13.7. The highest BCUT2D eigenvalue weighted by atomic mass is 16.6. The number of fused-ring (bicyclic) bond motifs is 1. The molecule has 0 amide bonds. The largest absolute Gasteiger partial charge is 0.494 e. The monoisotopic (exact) mass is 543 g/mol. The molecule has 208 valence electrons. The minimum Gasteiger partial charge on any atom is -0.494 e. The minimum absolute atomic E-state index is 0.192. The summed E-state index contributed by atoms with van der Waals surface area (Å²) in [5, 5.41) is 5.04. The van der Waals surface area contributed by atoms with Gasteiger partial charge in [-0.25, -0.2) is 9.78 Å². The number of rotatable bonds is 10. The number of carbonyl (C=O) groups excluding carboxylic acids is 1. The highest BCUT2D eigenvalue weighted by Crippen LogP contribution is 2.34. The van der Waals surface area contributed by atoms with Crippen molar-refractivity contribution in [3.8, 4) is 28.6 Å². The van der Waals surface area contributed by atoms with Crippen molar-refractivity contribution in [2.45, 2.75) is 33.6 Å². The Kier molecular flexibility index (Phi) is 8.83. The standard InChI is InChI=1S/C31H33N3O6/c1-7-39-27-14-20(4)24(16-23(27)19(2)3)30-33-25-11-9-8-10-22(25)31(36)34(30)32-17-21-12-13-26(28(15-21)37-5)40-18-29(35)38-6/h8-17,19H,7,18H2,1-6H3. The molecule has 40 heavy (non-hydrogen) atoms. The average Bonchev–Trinajstić information content (AvgIpc) is 2.95. The molecule has 4 aromatic rings. The second-order valence-electron chi connectivity index (χ2n) is 9.38. The van der Waals surface area contributed by atoms with Crippen LogP contribution < -0.4 is 19.8 Å². The third-order valence-electron chi connectivity index (χ3n) is 6.36. The van der Waals surface area contributed by atoms with Gasteiger partial charge in [-0.2, -0.15) is 9.78 Å². The first kappa shape index (κ1) is 28.4. The summed E-state index contributed by atoms with van der Waals surface area (Å²) in [6.45, 7) is 8.43. The van der Waals surface area contributed by atoms with Crippen LogP contribution in [0.2, 0.25) is 0 Å². The first-order valence-corrected chi connectivity index (χ1v) is 13.0. The number of para-hydroxylation sites is 1. The van der Waals surface area contributed by atoms with Gasteiger partial charge < -0.3 is 18.9 Å². The number of benzene rings is 3. The maximum Gasteiger partial charge on any atom is 0.343 e. The second-order valence-corrected chi connectivity index (χ2v) is 9.38. The van der Waals surface area contributed by atoms with Gasteiger partial charge in [-0.15, -0.1) is 0 Å². The van der Waals surface area contributed by atoms with E-state index in [0.29, 0.717) is 40.4 Å². The van der Waals surface area contributed by atoms with Crippen molar-refractivity contribution < 1.29 is 23.7 Å². The molecule has 0 aliphatic rings. The highest BCUT2D eigenvalue weighted by Gasteiger charge is 2.18. The molecular formula is C31H33N3O6. The normalized spacial score (nSPS) is 11.3. The zero-order chi connectivity index (χ0) is 28.8. The first-order valence-electron chi connectivity index (χ1n) is 13.0. The van der Waals surface area contributed by atoms with Gasteiger partial charge >= 0.3 is 5.97 Å². The molecule has 0 atom stereocenters. The van der Waals surface area contributed by atoms with Crippen LogP contribution in [0.25, 0.3) is 22.3 Å². The molecule has 0 saturated heterocycles. The summed E-state index contributed by atoms with van der Waals surface area (Å²) in [5.74, 6) is 1.71. The van der Waals surface area contributed by atoms with Crippen molar-refractivity contribution in [1.82, 2.24) is 9.66 Å². The first-order chi connectivity index (χ1) is 19.3. The summed E-state index contributed by atoms with van der Waals surface area (Å²) >= 11 is 0. The second kappa shape index (κ2) is 12.5. The van der Waals surface area contributed by atoms with Gasteiger partial charge in [0, 0.05) is 5.56 Å². The molecule has 0 spiro atoms. The molecule has 0 aliphatic carbocycles. The molecular weight excluding hydrogens is 510 g/mol. The Labute approximate surface area is 233 Å². The highest BCUT2D eigenvalue weighted by molar-refractivity contribution is 5.83. The van der Waals surface area contributed by atoms with Crippen LogP contribution in [0.5, 0.6) is 17.2 Å². The molecule has 0 aliphatic heterocycles. The lowest BCUT2D eigenvalue weighted by Crippen LogP contribution is -2.21. The summed E-state index contributed by atoms with van der Waals surface area (Å²) in [6.07, 6.45) is 1.56. The smallest absolute Gasteiger partial charge is 0.343 e. The lowest BCUT2D eigenvalue weighted by atomic mass is 9.96. The van der Waals surface area contributed by atoms with Crippen molar-refractivity contribution >= 4 is 23.1 Å². The third kappa shape index (κ3) is 5.98. The third-order valence-corrected chi connectivity index (χ3v) is 6.36. The van der Waals surface area contributed by atoms with E-state index < -0.39 is 5.97 Å². The van der Waals surface area contributed by atoms with E-state index in [-0.39, 0.29) is 18.1 Å².